The molecule has 6 heteroatoms. The van der Waals surface area contributed by atoms with Crippen LogP contribution < -0.4 is 5.32 Å². The molecule has 0 fully saturated rings. The van der Waals surface area contributed by atoms with Gasteiger partial charge in [0.15, 0.2) is 17.5 Å². The number of halogens is 5. The van der Waals surface area contributed by atoms with Crippen molar-refractivity contribution in [3.8, 4) is 0 Å². The summed E-state index contributed by atoms with van der Waals surface area (Å²) in [6.07, 6.45) is 0. The van der Waals surface area contributed by atoms with Crippen LogP contribution in [0, 0.1) is 29.1 Å². The Kier molecular flexibility index (Phi) is 3.69. The standard InChI is InChI=1S/C13H8F5N/c14-8-3-9(15)5-10(4-8)19-6-7-1-11(16)13(18)12(17)2-7/h1-5,19H,6H2. The van der Waals surface area contributed by atoms with E-state index in [1.165, 1.54) is 0 Å². The normalized spacial score (nSPS) is 10.6. The second-order valence-corrected chi connectivity index (χ2v) is 3.89. The average Bonchev–Trinajstić information content (AvgIpc) is 2.32. The third-order valence-corrected chi connectivity index (χ3v) is 2.40. The van der Waals surface area contributed by atoms with Crippen molar-refractivity contribution in [2.45, 2.75) is 6.54 Å². The summed E-state index contributed by atoms with van der Waals surface area (Å²) in [4.78, 5) is 0. The summed E-state index contributed by atoms with van der Waals surface area (Å²) in [5.41, 5.74) is 0.226. The summed E-state index contributed by atoms with van der Waals surface area (Å²) in [5, 5.41) is 2.58. The molecule has 0 aliphatic heterocycles. The molecule has 0 saturated carbocycles. The minimum Gasteiger partial charge on any atom is -0.381 e. The molecule has 1 nitrogen and oxygen atoms in total. The fourth-order valence-electron chi connectivity index (χ4n) is 1.57. The monoisotopic (exact) mass is 273 g/mol. The molecule has 0 spiro atoms. The summed E-state index contributed by atoms with van der Waals surface area (Å²) < 4.78 is 64.3. The Morgan fingerprint density at radius 2 is 1.26 bits per heavy atom. The molecule has 0 aromatic heterocycles. The zero-order valence-corrected chi connectivity index (χ0v) is 9.48. The minimum absolute atomic E-state index is 0.100. The van der Waals surface area contributed by atoms with Crippen LogP contribution in [0.1, 0.15) is 5.56 Å². The van der Waals surface area contributed by atoms with Crippen molar-refractivity contribution in [2.24, 2.45) is 0 Å². The van der Waals surface area contributed by atoms with Crippen molar-refractivity contribution in [3.63, 3.8) is 0 Å². The van der Waals surface area contributed by atoms with Gasteiger partial charge in [0, 0.05) is 18.3 Å². The molecular weight excluding hydrogens is 265 g/mol. The lowest BCUT2D eigenvalue weighted by atomic mass is 10.2. The van der Waals surface area contributed by atoms with Gasteiger partial charge in [-0.25, -0.2) is 22.0 Å². The largest absolute Gasteiger partial charge is 0.381 e. The number of anilines is 1. The average molecular weight is 273 g/mol. The van der Waals surface area contributed by atoms with Crippen LogP contribution in [0.4, 0.5) is 27.6 Å². The van der Waals surface area contributed by atoms with Gasteiger partial charge in [0.2, 0.25) is 0 Å². The third kappa shape index (κ3) is 3.21. The molecule has 1 N–H and O–H groups in total. The quantitative estimate of drug-likeness (QED) is 0.658. The van der Waals surface area contributed by atoms with Crippen LogP contribution in [0.15, 0.2) is 30.3 Å². The molecule has 0 amide bonds. The molecular formula is C13H8F5N. The van der Waals surface area contributed by atoms with Gasteiger partial charge < -0.3 is 5.32 Å². The lowest BCUT2D eigenvalue weighted by molar-refractivity contribution is 0.445. The predicted molar refractivity (Wildman–Crippen MR) is 60.0 cm³/mol. The van der Waals surface area contributed by atoms with Gasteiger partial charge in [0.05, 0.1) is 0 Å². The van der Waals surface area contributed by atoms with Crippen LogP contribution in [0.2, 0.25) is 0 Å². The molecule has 0 saturated heterocycles. The van der Waals surface area contributed by atoms with Crippen molar-refractivity contribution >= 4 is 5.69 Å². The van der Waals surface area contributed by atoms with E-state index in [1.807, 2.05) is 0 Å². The lowest BCUT2D eigenvalue weighted by Crippen LogP contribution is -2.03. The van der Waals surface area contributed by atoms with Gasteiger partial charge in [-0.15, -0.1) is 0 Å². The molecule has 2 aromatic carbocycles. The highest BCUT2D eigenvalue weighted by Gasteiger charge is 2.10. The third-order valence-electron chi connectivity index (χ3n) is 2.40. The van der Waals surface area contributed by atoms with Crippen molar-refractivity contribution in [2.75, 3.05) is 5.32 Å². The first-order valence-corrected chi connectivity index (χ1v) is 5.29. The number of nitrogens with one attached hydrogen (secondary N) is 1. The van der Waals surface area contributed by atoms with Crippen LogP contribution in [0.25, 0.3) is 0 Å². The van der Waals surface area contributed by atoms with E-state index in [9.17, 15) is 22.0 Å². The van der Waals surface area contributed by atoms with E-state index in [0.29, 0.717) is 6.07 Å². The number of rotatable bonds is 3. The first kappa shape index (κ1) is 13.3. The van der Waals surface area contributed by atoms with Crippen molar-refractivity contribution in [1.29, 1.82) is 0 Å². The van der Waals surface area contributed by atoms with E-state index in [1.54, 1.807) is 0 Å². The van der Waals surface area contributed by atoms with Gasteiger partial charge in [-0.2, -0.15) is 0 Å². The summed E-state index contributed by atoms with van der Waals surface area (Å²) in [5.74, 6) is -5.75. The van der Waals surface area contributed by atoms with E-state index in [2.05, 4.69) is 5.32 Å². The number of hydrogen-bond donors (Lipinski definition) is 1. The molecule has 0 bridgehead atoms. The maximum atomic E-state index is 12.9. The fraction of sp³-hybridized carbons (Fsp3) is 0.0769. The van der Waals surface area contributed by atoms with Crippen molar-refractivity contribution < 1.29 is 22.0 Å². The molecule has 0 aliphatic carbocycles. The van der Waals surface area contributed by atoms with E-state index in [-0.39, 0.29) is 17.8 Å². The number of benzene rings is 2. The molecule has 0 radical (unpaired) electrons. The highest BCUT2D eigenvalue weighted by atomic mass is 19.2. The molecule has 0 aliphatic rings. The van der Waals surface area contributed by atoms with Crippen LogP contribution in [-0.4, -0.2) is 0 Å². The highest BCUT2D eigenvalue weighted by Crippen LogP contribution is 2.17. The zero-order valence-electron chi connectivity index (χ0n) is 9.48. The molecule has 19 heavy (non-hydrogen) atoms. The molecule has 0 heterocycles. The maximum absolute atomic E-state index is 12.9. The molecule has 0 atom stereocenters. The summed E-state index contributed by atoms with van der Waals surface area (Å²) in [7, 11) is 0. The van der Waals surface area contributed by atoms with Gasteiger partial charge in [0.1, 0.15) is 11.6 Å². The Hall–Kier alpha value is -2.11. The summed E-state index contributed by atoms with van der Waals surface area (Å²) >= 11 is 0. The summed E-state index contributed by atoms with van der Waals surface area (Å²) in [6, 6.07) is 4.36. The lowest BCUT2D eigenvalue weighted by Gasteiger charge is -2.08. The van der Waals surface area contributed by atoms with Crippen molar-refractivity contribution in [1.82, 2.24) is 0 Å². The van der Waals surface area contributed by atoms with Gasteiger partial charge >= 0.3 is 0 Å². The number of hydrogen-bond acceptors (Lipinski definition) is 1. The zero-order chi connectivity index (χ0) is 14.0. The van der Waals surface area contributed by atoms with Crippen LogP contribution in [0.5, 0.6) is 0 Å². The minimum atomic E-state index is -1.56. The molecule has 2 rings (SSSR count). The van der Waals surface area contributed by atoms with E-state index < -0.39 is 29.1 Å². The first-order valence-electron chi connectivity index (χ1n) is 5.29. The smallest absolute Gasteiger partial charge is 0.194 e. The SMILES string of the molecule is Fc1cc(F)cc(NCc2cc(F)c(F)c(F)c2)c1. The highest BCUT2D eigenvalue weighted by molar-refractivity contribution is 5.44. The van der Waals surface area contributed by atoms with E-state index in [4.69, 9.17) is 0 Å². The second kappa shape index (κ2) is 5.26. The Balaban J connectivity index is 2.14. The molecule has 100 valence electrons. The molecule has 0 unspecified atom stereocenters. The predicted octanol–water partition coefficient (Wildman–Crippen LogP) is 3.99. The second-order valence-electron chi connectivity index (χ2n) is 3.89. The van der Waals surface area contributed by atoms with E-state index >= 15 is 0 Å². The molecule has 2 aromatic rings. The van der Waals surface area contributed by atoms with Crippen molar-refractivity contribution in [3.05, 3.63) is 65.0 Å². The maximum Gasteiger partial charge on any atom is 0.194 e. The van der Waals surface area contributed by atoms with E-state index in [0.717, 1.165) is 24.3 Å². The Bertz CT molecular complexity index is 569. The topological polar surface area (TPSA) is 12.0 Å². The Labute approximate surface area is 105 Å². The fourth-order valence-corrected chi connectivity index (χ4v) is 1.57. The Morgan fingerprint density at radius 3 is 1.79 bits per heavy atom. The van der Waals surface area contributed by atoms with Gasteiger partial charge in [-0.1, -0.05) is 0 Å². The van der Waals surface area contributed by atoms with Gasteiger partial charge in [-0.3, -0.25) is 0 Å². The van der Waals surface area contributed by atoms with Crippen LogP contribution >= 0.6 is 0 Å². The first-order chi connectivity index (χ1) is 8.95. The van der Waals surface area contributed by atoms with Crippen LogP contribution in [-0.2, 0) is 6.54 Å². The van der Waals surface area contributed by atoms with Gasteiger partial charge in [-0.05, 0) is 29.8 Å². The summed E-state index contributed by atoms with van der Waals surface area (Å²) in [6.45, 7) is -0.100. The Morgan fingerprint density at radius 1 is 0.737 bits per heavy atom. The van der Waals surface area contributed by atoms with Crippen LogP contribution in [0.3, 0.4) is 0 Å². The van der Waals surface area contributed by atoms with Gasteiger partial charge in [0.25, 0.3) is 0 Å².